The maximum absolute atomic E-state index is 13.5. The molecule has 362 valence electrons. The molecular formula is C54H60Cl4N2O8. The number of nitrogens with zero attached hydrogens (tertiary/aromatic N) is 2. The molecular weight excluding hydrogens is 946 g/mol. The van der Waals surface area contributed by atoms with Gasteiger partial charge in [-0.25, -0.2) is 19.4 Å². The Balaban J connectivity index is 0.000000201. The van der Waals surface area contributed by atoms with Crippen LogP contribution in [0.25, 0.3) is 0 Å². The number of ether oxygens (including phenoxy) is 4. The molecule has 0 unspecified atom stereocenters. The first-order valence-corrected chi connectivity index (χ1v) is 24.5. The van der Waals surface area contributed by atoms with Crippen LogP contribution in [0.1, 0.15) is 114 Å². The first-order chi connectivity index (χ1) is 32.0. The van der Waals surface area contributed by atoms with Crippen molar-refractivity contribution in [2.75, 3.05) is 14.2 Å². The van der Waals surface area contributed by atoms with Gasteiger partial charge >= 0.3 is 12.2 Å². The molecule has 2 saturated heterocycles. The molecule has 8 rings (SSSR count). The van der Waals surface area contributed by atoms with Crippen molar-refractivity contribution in [3.05, 3.63) is 139 Å². The highest BCUT2D eigenvalue weighted by Gasteiger charge is 2.57. The van der Waals surface area contributed by atoms with Gasteiger partial charge in [0.25, 0.3) is 0 Å². The third-order valence-electron chi connectivity index (χ3n) is 13.7. The second kappa shape index (κ2) is 20.3. The van der Waals surface area contributed by atoms with Crippen LogP contribution in [0, 0.1) is 23.7 Å². The number of hydrogen-bond donors (Lipinski definition) is 0. The second-order valence-electron chi connectivity index (χ2n) is 20.2. The fourth-order valence-corrected chi connectivity index (χ4v) is 11.8. The molecule has 2 heterocycles. The van der Waals surface area contributed by atoms with Crippen molar-refractivity contribution in [3.63, 3.8) is 0 Å². The van der Waals surface area contributed by atoms with Crippen LogP contribution in [0.2, 0.25) is 20.1 Å². The second-order valence-corrected chi connectivity index (χ2v) is 21.9. The molecule has 4 amide bonds. The predicted molar refractivity (Wildman–Crippen MR) is 267 cm³/mol. The van der Waals surface area contributed by atoms with Gasteiger partial charge in [-0.05, 0) is 157 Å². The normalized spacial score (nSPS) is 26.6. The van der Waals surface area contributed by atoms with E-state index in [2.05, 4.69) is 0 Å². The van der Waals surface area contributed by atoms with Crippen molar-refractivity contribution in [1.82, 2.24) is 9.80 Å². The number of methoxy groups -OCH3 is 2. The van der Waals surface area contributed by atoms with Crippen LogP contribution in [0.5, 0.6) is 11.5 Å². The van der Waals surface area contributed by atoms with Crippen LogP contribution in [-0.2, 0) is 19.1 Å². The molecule has 4 aromatic rings. The number of allylic oxidation sites excluding steroid dienone is 1. The first kappa shape index (κ1) is 51.1. The number of hydrogen-bond acceptors (Lipinski definition) is 8. The summed E-state index contributed by atoms with van der Waals surface area (Å²) in [5.41, 5.74) is 2.70. The molecule has 0 radical (unpaired) electrons. The van der Waals surface area contributed by atoms with Crippen LogP contribution < -0.4 is 9.47 Å². The summed E-state index contributed by atoms with van der Waals surface area (Å²) in [6.07, 6.45) is 4.24. The molecule has 10 nitrogen and oxygen atoms in total. The Hall–Kier alpha value is -4.74. The number of carbonyl (C=O) groups is 4. The fraction of sp³-hybridized carbons (Fsp3) is 0.444. The van der Waals surface area contributed by atoms with Crippen molar-refractivity contribution in [2.45, 2.75) is 115 Å². The zero-order chi connectivity index (χ0) is 49.6. The number of rotatable bonds is 6. The summed E-state index contributed by atoms with van der Waals surface area (Å²) in [7, 11) is 3.22. The maximum atomic E-state index is 13.5. The molecule has 4 aromatic carbocycles. The molecule has 0 bridgehead atoms. The Labute approximate surface area is 420 Å². The number of fused-ring (bicyclic) bond motifs is 2. The summed E-state index contributed by atoms with van der Waals surface area (Å²) in [5.74, 6) is -0.0743. The highest BCUT2D eigenvalue weighted by Crippen LogP contribution is 2.57. The number of imide groups is 2. The van der Waals surface area contributed by atoms with Gasteiger partial charge in [0.05, 0.1) is 20.1 Å². The van der Waals surface area contributed by atoms with Crippen molar-refractivity contribution in [2.24, 2.45) is 23.7 Å². The van der Waals surface area contributed by atoms with Gasteiger partial charge in [-0.2, -0.15) is 0 Å². The fourth-order valence-electron chi connectivity index (χ4n) is 10.9. The Morgan fingerprint density at radius 1 is 0.544 bits per heavy atom. The Morgan fingerprint density at radius 3 is 1.44 bits per heavy atom. The molecule has 14 heteroatoms. The smallest absolute Gasteiger partial charge is 0.417 e. The lowest BCUT2D eigenvalue weighted by atomic mass is 9.62. The predicted octanol–water partition coefficient (Wildman–Crippen LogP) is 13.9. The van der Waals surface area contributed by atoms with Gasteiger partial charge in [0.1, 0.15) is 22.7 Å². The van der Waals surface area contributed by atoms with Gasteiger partial charge < -0.3 is 18.9 Å². The molecule has 2 aliphatic heterocycles. The van der Waals surface area contributed by atoms with E-state index in [1.807, 2.05) is 105 Å². The Kier molecular flexibility index (Phi) is 15.3. The lowest BCUT2D eigenvalue weighted by Gasteiger charge is -2.41. The zero-order valence-corrected chi connectivity index (χ0v) is 43.1. The summed E-state index contributed by atoms with van der Waals surface area (Å²) >= 11 is 25.8. The third-order valence-corrected chi connectivity index (χ3v) is 14.9. The van der Waals surface area contributed by atoms with Gasteiger partial charge in [-0.15, -0.1) is 0 Å². The minimum atomic E-state index is -0.699. The van der Waals surface area contributed by atoms with E-state index in [1.54, 1.807) is 61.8 Å². The summed E-state index contributed by atoms with van der Waals surface area (Å²) in [5, 5.41) is 2.52. The van der Waals surface area contributed by atoms with Crippen LogP contribution in [0.4, 0.5) is 9.59 Å². The summed E-state index contributed by atoms with van der Waals surface area (Å²) in [6.45, 7) is 14.7. The van der Waals surface area contributed by atoms with Crippen molar-refractivity contribution in [1.29, 1.82) is 0 Å². The molecule has 4 aliphatic rings. The summed E-state index contributed by atoms with van der Waals surface area (Å²) in [4.78, 5) is 55.5. The van der Waals surface area contributed by atoms with Crippen LogP contribution in [0.3, 0.4) is 0 Å². The van der Waals surface area contributed by atoms with E-state index in [9.17, 15) is 19.2 Å². The first-order valence-electron chi connectivity index (χ1n) is 23.0. The minimum absolute atomic E-state index is 0.0201. The van der Waals surface area contributed by atoms with Crippen molar-refractivity contribution in [3.8, 4) is 11.5 Å². The quantitative estimate of drug-likeness (QED) is 0.176. The molecule has 0 aromatic heterocycles. The number of likely N-dealkylation sites (tertiary alicyclic amines) is 2. The molecule has 0 N–H and O–H groups in total. The van der Waals surface area contributed by atoms with Gasteiger partial charge in [-0.1, -0.05) is 95.0 Å². The zero-order valence-electron chi connectivity index (χ0n) is 40.1. The topological polar surface area (TPSA) is 112 Å². The molecule has 3 fully saturated rings. The monoisotopic (exact) mass is 1000 g/mol. The molecule has 10 atom stereocenters. The number of amides is 4. The molecule has 1 saturated carbocycles. The van der Waals surface area contributed by atoms with E-state index in [0.29, 0.717) is 38.0 Å². The maximum Gasteiger partial charge on any atom is 0.417 e. The molecule has 68 heavy (non-hydrogen) atoms. The number of halogens is 4. The van der Waals surface area contributed by atoms with E-state index in [0.717, 1.165) is 28.7 Å². The SMILES string of the molecule is COc1ccc([C@@H]2C=C[C@@H]3C(=O)N(C(=O)OC(C)(C)C)[C@H](C)[C@H]3[C@H]2c2ccc(Cl)cc2)c(Cl)c1.COc1ccc([C@@H]2CC[C@@H]3C(=O)N(C(=O)OC(C)(C)C)[C@H](C)[C@H]3[C@H]2c2ccc(Cl)cc2)c(Cl)c1. The summed E-state index contributed by atoms with van der Waals surface area (Å²) in [6, 6.07) is 26.2. The Bertz CT molecular complexity index is 2550. The van der Waals surface area contributed by atoms with Crippen LogP contribution in [-0.4, -0.2) is 71.3 Å². The van der Waals surface area contributed by atoms with Crippen LogP contribution in [0.15, 0.2) is 97.1 Å². The van der Waals surface area contributed by atoms with E-state index in [4.69, 9.17) is 65.4 Å². The average Bonchev–Trinajstić information content (AvgIpc) is 3.69. The highest BCUT2D eigenvalue weighted by atomic mass is 35.5. The lowest BCUT2D eigenvalue weighted by Crippen LogP contribution is -2.43. The van der Waals surface area contributed by atoms with Gasteiger partial charge in [0.15, 0.2) is 0 Å². The number of carbonyl (C=O) groups excluding carboxylic acids is 4. The lowest BCUT2D eigenvalue weighted by molar-refractivity contribution is -0.132. The minimum Gasteiger partial charge on any atom is -0.497 e. The van der Waals surface area contributed by atoms with Crippen LogP contribution >= 0.6 is 46.4 Å². The largest absolute Gasteiger partial charge is 0.497 e. The van der Waals surface area contributed by atoms with Gasteiger partial charge in [0.2, 0.25) is 11.8 Å². The van der Waals surface area contributed by atoms with E-state index >= 15 is 0 Å². The third kappa shape index (κ3) is 10.5. The molecule has 0 spiro atoms. The standard InChI is InChI=1S/C27H31Cl2NO4.C27H29Cl2NO4/c2*1-15-23-21(25(31)30(15)26(32)34-27(2,3)4)13-12-20(19-11-10-18(33-5)14-22(19)29)24(23)16-6-8-17(28)9-7-16/h6-11,14-15,20-21,23-24H,12-13H2,1-5H3;6-15,20-21,23-24H,1-5H3/t2*15-,20+,21+,23-,24+/m11/s1. The molecule has 2 aliphatic carbocycles. The van der Waals surface area contributed by atoms with Gasteiger partial charge in [0, 0.05) is 55.8 Å². The van der Waals surface area contributed by atoms with Crippen molar-refractivity contribution < 1.29 is 38.1 Å². The average molecular weight is 1010 g/mol. The summed E-state index contributed by atoms with van der Waals surface area (Å²) < 4.78 is 21.8. The van der Waals surface area contributed by atoms with Crippen molar-refractivity contribution >= 4 is 70.4 Å². The highest BCUT2D eigenvalue weighted by molar-refractivity contribution is 6.32. The van der Waals surface area contributed by atoms with E-state index in [-0.39, 0.29) is 65.3 Å². The van der Waals surface area contributed by atoms with E-state index < -0.39 is 29.3 Å². The Morgan fingerprint density at radius 2 is 0.971 bits per heavy atom. The number of benzene rings is 4. The van der Waals surface area contributed by atoms with Gasteiger partial charge in [-0.3, -0.25) is 9.59 Å². The van der Waals surface area contributed by atoms with E-state index in [1.165, 1.54) is 9.80 Å².